The second kappa shape index (κ2) is 3.37. The summed E-state index contributed by atoms with van der Waals surface area (Å²) < 4.78 is 39.7. The largest absolute Gasteiger partial charge is 0.522 e. The van der Waals surface area contributed by atoms with Gasteiger partial charge in [0.15, 0.2) is 0 Å². The normalized spacial score (nSPS) is 40.4. The number of halogens is 3. The Morgan fingerprint density at radius 1 is 1.13 bits per heavy atom. The molecule has 1 nitrogen and oxygen atoms in total. The standard InChI is InChI=1S/C11H17F3O/c1-7(2)8-3-10(4-8)5-9(6-10)15-11(12,13)14/h7-9H,3-6H2,1-2H3. The van der Waals surface area contributed by atoms with Crippen molar-refractivity contribution < 1.29 is 17.9 Å². The van der Waals surface area contributed by atoms with Crippen LogP contribution in [0, 0.1) is 17.3 Å². The molecule has 0 aromatic rings. The molecule has 0 bridgehead atoms. The van der Waals surface area contributed by atoms with Crippen LogP contribution in [0.25, 0.3) is 0 Å². The van der Waals surface area contributed by atoms with E-state index in [2.05, 4.69) is 18.6 Å². The summed E-state index contributed by atoms with van der Waals surface area (Å²) in [5.74, 6) is 1.38. The Morgan fingerprint density at radius 2 is 1.67 bits per heavy atom. The first kappa shape index (κ1) is 11.2. The van der Waals surface area contributed by atoms with Gasteiger partial charge >= 0.3 is 6.36 Å². The van der Waals surface area contributed by atoms with Crippen LogP contribution in [0.4, 0.5) is 13.2 Å². The van der Waals surface area contributed by atoms with Crippen LogP contribution in [-0.4, -0.2) is 12.5 Å². The minimum absolute atomic E-state index is 0.213. The molecular weight excluding hydrogens is 205 g/mol. The minimum atomic E-state index is -4.45. The fraction of sp³-hybridized carbons (Fsp3) is 1.00. The number of hydrogen-bond donors (Lipinski definition) is 0. The third-order valence-electron chi connectivity index (χ3n) is 3.95. The van der Waals surface area contributed by atoms with Gasteiger partial charge in [0.25, 0.3) is 0 Å². The van der Waals surface area contributed by atoms with Gasteiger partial charge in [-0.2, -0.15) is 0 Å². The first-order valence-corrected chi connectivity index (χ1v) is 5.54. The van der Waals surface area contributed by atoms with E-state index in [-0.39, 0.29) is 5.41 Å². The molecule has 0 radical (unpaired) electrons. The highest BCUT2D eigenvalue weighted by atomic mass is 19.4. The van der Waals surface area contributed by atoms with Crippen molar-refractivity contribution in [2.75, 3.05) is 0 Å². The molecule has 0 aliphatic heterocycles. The van der Waals surface area contributed by atoms with Crippen LogP contribution in [0.2, 0.25) is 0 Å². The molecule has 2 aliphatic carbocycles. The molecule has 1 spiro atoms. The summed E-state index contributed by atoms with van der Waals surface area (Å²) in [5.41, 5.74) is 0.213. The van der Waals surface area contributed by atoms with E-state index in [0.29, 0.717) is 18.8 Å². The average Bonchev–Trinajstić information content (AvgIpc) is 1.87. The lowest BCUT2D eigenvalue weighted by atomic mass is 9.49. The molecule has 4 heteroatoms. The number of rotatable bonds is 2. The minimum Gasteiger partial charge on any atom is -0.289 e. The molecule has 2 rings (SSSR count). The molecule has 88 valence electrons. The quantitative estimate of drug-likeness (QED) is 0.691. The van der Waals surface area contributed by atoms with Crippen molar-refractivity contribution >= 4 is 0 Å². The Labute approximate surface area is 88.0 Å². The summed E-state index contributed by atoms with van der Waals surface area (Å²) >= 11 is 0. The predicted molar refractivity (Wildman–Crippen MR) is 50.2 cm³/mol. The fourth-order valence-corrected chi connectivity index (χ4v) is 3.04. The molecule has 0 heterocycles. The molecule has 15 heavy (non-hydrogen) atoms. The van der Waals surface area contributed by atoms with Crippen molar-refractivity contribution in [1.82, 2.24) is 0 Å². The van der Waals surface area contributed by atoms with E-state index in [1.165, 1.54) is 0 Å². The Hall–Kier alpha value is -0.250. The predicted octanol–water partition coefficient (Wildman–Crippen LogP) is 3.74. The van der Waals surface area contributed by atoms with Crippen LogP contribution in [0.3, 0.4) is 0 Å². The van der Waals surface area contributed by atoms with Crippen molar-refractivity contribution in [1.29, 1.82) is 0 Å². The van der Waals surface area contributed by atoms with E-state index in [1.807, 2.05) is 0 Å². The van der Waals surface area contributed by atoms with E-state index in [4.69, 9.17) is 0 Å². The number of ether oxygens (including phenoxy) is 1. The molecule has 0 aromatic heterocycles. The molecule has 0 unspecified atom stereocenters. The van der Waals surface area contributed by atoms with Crippen molar-refractivity contribution in [3.63, 3.8) is 0 Å². The monoisotopic (exact) mass is 222 g/mol. The van der Waals surface area contributed by atoms with Crippen molar-refractivity contribution in [3.8, 4) is 0 Å². The summed E-state index contributed by atoms with van der Waals surface area (Å²) in [6.07, 6.45) is -1.61. The number of hydrogen-bond acceptors (Lipinski definition) is 1. The zero-order valence-electron chi connectivity index (χ0n) is 9.10. The molecular formula is C11H17F3O. The van der Waals surface area contributed by atoms with Gasteiger partial charge in [0.2, 0.25) is 0 Å². The van der Waals surface area contributed by atoms with Crippen LogP contribution < -0.4 is 0 Å². The Bertz CT molecular complexity index is 233. The van der Waals surface area contributed by atoms with Gasteiger partial charge in [0.1, 0.15) is 0 Å². The lowest BCUT2D eigenvalue weighted by Crippen LogP contribution is -2.53. The van der Waals surface area contributed by atoms with Gasteiger partial charge in [-0.05, 0) is 42.9 Å². The first-order valence-electron chi connectivity index (χ1n) is 5.54. The maximum Gasteiger partial charge on any atom is 0.522 e. The summed E-state index contributed by atoms with van der Waals surface area (Å²) in [4.78, 5) is 0. The van der Waals surface area contributed by atoms with Crippen molar-refractivity contribution in [2.45, 2.75) is 52.0 Å². The summed E-state index contributed by atoms with van der Waals surface area (Å²) in [6, 6.07) is 0. The Kier molecular flexibility index (Phi) is 2.53. The van der Waals surface area contributed by atoms with Gasteiger partial charge in [0.05, 0.1) is 6.10 Å². The highest BCUT2D eigenvalue weighted by Gasteiger charge is 2.55. The zero-order chi connectivity index (χ0) is 11.3. The second-order valence-corrected chi connectivity index (χ2v) is 5.51. The molecule has 2 saturated carbocycles. The van der Waals surface area contributed by atoms with Crippen LogP contribution in [-0.2, 0) is 4.74 Å². The van der Waals surface area contributed by atoms with Gasteiger partial charge in [-0.1, -0.05) is 13.8 Å². The lowest BCUT2D eigenvalue weighted by Gasteiger charge is -2.58. The topological polar surface area (TPSA) is 9.23 Å². The lowest BCUT2D eigenvalue weighted by molar-refractivity contribution is -0.364. The van der Waals surface area contributed by atoms with Crippen molar-refractivity contribution in [3.05, 3.63) is 0 Å². The van der Waals surface area contributed by atoms with Crippen LogP contribution in [0.5, 0.6) is 0 Å². The highest BCUT2D eigenvalue weighted by molar-refractivity contribution is 5.04. The van der Waals surface area contributed by atoms with Gasteiger partial charge < -0.3 is 0 Å². The molecule has 0 atom stereocenters. The Balaban J connectivity index is 1.71. The van der Waals surface area contributed by atoms with Gasteiger partial charge in [-0.3, -0.25) is 4.74 Å². The van der Waals surface area contributed by atoms with Crippen LogP contribution in [0.15, 0.2) is 0 Å². The van der Waals surface area contributed by atoms with Gasteiger partial charge in [-0.25, -0.2) is 0 Å². The Morgan fingerprint density at radius 3 is 2.07 bits per heavy atom. The summed E-state index contributed by atoms with van der Waals surface area (Å²) in [5, 5.41) is 0. The SMILES string of the molecule is CC(C)C1CC2(CC(OC(F)(F)F)C2)C1. The smallest absolute Gasteiger partial charge is 0.289 e. The van der Waals surface area contributed by atoms with Crippen LogP contribution in [0.1, 0.15) is 39.5 Å². The third kappa shape index (κ3) is 2.30. The van der Waals surface area contributed by atoms with E-state index in [1.54, 1.807) is 0 Å². The maximum atomic E-state index is 11.9. The molecule has 0 aromatic carbocycles. The third-order valence-corrected chi connectivity index (χ3v) is 3.95. The first-order chi connectivity index (χ1) is 6.80. The molecule has 0 saturated heterocycles. The van der Waals surface area contributed by atoms with E-state index in [0.717, 1.165) is 18.8 Å². The van der Waals surface area contributed by atoms with E-state index >= 15 is 0 Å². The fourth-order valence-electron chi connectivity index (χ4n) is 3.04. The highest BCUT2D eigenvalue weighted by Crippen LogP contribution is 2.61. The van der Waals surface area contributed by atoms with Gasteiger partial charge in [0, 0.05) is 0 Å². The van der Waals surface area contributed by atoms with E-state index in [9.17, 15) is 13.2 Å². The van der Waals surface area contributed by atoms with E-state index < -0.39 is 12.5 Å². The molecule has 0 N–H and O–H groups in total. The molecule has 2 fully saturated rings. The van der Waals surface area contributed by atoms with Crippen molar-refractivity contribution in [2.24, 2.45) is 17.3 Å². The van der Waals surface area contributed by atoms with Gasteiger partial charge in [-0.15, -0.1) is 13.2 Å². The zero-order valence-corrected chi connectivity index (χ0v) is 9.10. The summed E-state index contributed by atoms with van der Waals surface area (Å²) in [7, 11) is 0. The van der Waals surface area contributed by atoms with Crippen LogP contribution >= 0.6 is 0 Å². The maximum absolute atomic E-state index is 11.9. The number of alkyl halides is 3. The molecule has 0 amide bonds. The average molecular weight is 222 g/mol. The molecule has 2 aliphatic rings. The summed E-state index contributed by atoms with van der Waals surface area (Å²) in [6.45, 7) is 4.36. The second-order valence-electron chi connectivity index (χ2n) is 5.51.